The smallest absolute Gasteiger partial charge is 0.237 e. The molecule has 0 bridgehead atoms. The lowest BCUT2D eigenvalue weighted by Gasteiger charge is -2.51. The number of hydrogen-bond acceptors (Lipinski definition) is 7. The summed E-state index contributed by atoms with van der Waals surface area (Å²) in [5.74, 6) is 4.38. The van der Waals surface area contributed by atoms with Gasteiger partial charge in [-0.1, -0.05) is 6.42 Å². The second-order valence-corrected chi connectivity index (χ2v) is 13.9. The topological polar surface area (TPSA) is 80.9 Å². The first-order valence-electron chi connectivity index (χ1n) is 15.1. The van der Waals surface area contributed by atoms with Crippen LogP contribution < -0.4 is 21.5 Å². The summed E-state index contributed by atoms with van der Waals surface area (Å²) in [6.45, 7) is 6.48. The molecule has 8 atom stereocenters. The van der Waals surface area contributed by atoms with Crippen LogP contribution in [0.2, 0.25) is 0 Å². The van der Waals surface area contributed by atoms with Gasteiger partial charge >= 0.3 is 0 Å². The average Bonchev–Trinajstić information content (AvgIpc) is 3.76. The Morgan fingerprint density at radius 1 is 1.03 bits per heavy atom. The fourth-order valence-electron chi connectivity index (χ4n) is 8.52. The van der Waals surface area contributed by atoms with Gasteiger partial charge in [0.05, 0.1) is 32.1 Å². The maximum atomic E-state index is 13.6. The molecule has 36 heavy (non-hydrogen) atoms. The van der Waals surface area contributed by atoms with Crippen LogP contribution in [0.1, 0.15) is 64.2 Å². The van der Waals surface area contributed by atoms with Crippen molar-refractivity contribution < 1.29 is 9.53 Å². The number of likely N-dealkylation sites (tertiary alicyclic amines) is 1. The van der Waals surface area contributed by atoms with Crippen LogP contribution in [0.5, 0.6) is 0 Å². The van der Waals surface area contributed by atoms with Crippen LogP contribution in [-0.2, 0) is 9.53 Å². The first-order chi connectivity index (χ1) is 17.5. The van der Waals surface area contributed by atoms with E-state index in [9.17, 15) is 4.79 Å². The van der Waals surface area contributed by atoms with E-state index < -0.39 is 0 Å². The van der Waals surface area contributed by atoms with Gasteiger partial charge < -0.3 is 20.3 Å². The summed E-state index contributed by atoms with van der Waals surface area (Å²) >= 11 is 0. The molecule has 6 unspecified atom stereocenters. The zero-order valence-electron chi connectivity index (χ0n) is 22.2. The highest BCUT2D eigenvalue weighted by Gasteiger charge is 2.50. The molecule has 4 heterocycles. The zero-order chi connectivity index (χ0) is 24.3. The SMILES string of the molecule is CN1CNNC1CC1(C2CCCC(NC(=O)C3CC(CN4C[C@H]5C[C@H]5C4)CC(C4CC4)N3)C2)COC1. The molecule has 0 radical (unpaired) electrons. The van der Waals surface area contributed by atoms with E-state index in [0.29, 0.717) is 30.1 Å². The van der Waals surface area contributed by atoms with Crippen LogP contribution in [0.15, 0.2) is 0 Å². The van der Waals surface area contributed by atoms with E-state index in [-0.39, 0.29) is 17.4 Å². The van der Waals surface area contributed by atoms with Crippen molar-refractivity contribution in [1.82, 2.24) is 31.3 Å². The summed E-state index contributed by atoms with van der Waals surface area (Å²) in [6.07, 6.45) is 12.7. The molecule has 7 rings (SSSR count). The third-order valence-corrected chi connectivity index (χ3v) is 11.0. The quantitative estimate of drug-likeness (QED) is 0.402. The largest absolute Gasteiger partial charge is 0.380 e. The Morgan fingerprint density at radius 3 is 2.56 bits per heavy atom. The van der Waals surface area contributed by atoms with E-state index in [1.807, 2.05) is 0 Å². The molecular formula is C28H48N6O2. The monoisotopic (exact) mass is 500 g/mol. The second kappa shape index (κ2) is 9.76. The van der Waals surface area contributed by atoms with Crippen molar-refractivity contribution in [3.63, 3.8) is 0 Å². The number of rotatable bonds is 8. The molecule has 0 aromatic rings. The zero-order valence-corrected chi connectivity index (χ0v) is 22.2. The van der Waals surface area contributed by atoms with Crippen LogP contribution in [-0.4, -0.2) is 86.6 Å². The lowest BCUT2D eigenvalue weighted by atomic mass is 9.64. The Hall–Kier alpha value is -0.770. The van der Waals surface area contributed by atoms with E-state index in [0.717, 1.165) is 63.3 Å². The van der Waals surface area contributed by atoms with Gasteiger partial charge in [0.15, 0.2) is 0 Å². The maximum Gasteiger partial charge on any atom is 0.237 e. The minimum Gasteiger partial charge on any atom is -0.380 e. The van der Waals surface area contributed by atoms with Crippen molar-refractivity contribution in [2.24, 2.45) is 35.0 Å². The normalized spacial score (nSPS) is 44.7. The van der Waals surface area contributed by atoms with E-state index in [4.69, 9.17) is 4.74 Å². The molecule has 7 aliphatic rings. The van der Waals surface area contributed by atoms with Crippen molar-refractivity contribution in [2.45, 2.75) is 88.5 Å². The van der Waals surface area contributed by atoms with Gasteiger partial charge in [0.25, 0.3) is 0 Å². The molecule has 7 fully saturated rings. The summed E-state index contributed by atoms with van der Waals surface area (Å²) in [5, 5.41) is 7.38. The third kappa shape index (κ3) is 4.98. The average molecular weight is 501 g/mol. The van der Waals surface area contributed by atoms with Crippen LogP contribution in [0.4, 0.5) is 0 Å². The predicted octanol–water partition coefficient (Wildman–Crippen LogP) is 1.49. The Balaban J connectivity index is 0.957. The highest BCUT2D eigenvalue weighted by atomic mass is 16.5. The molecule has 0 spiro atoms. The Kier molecular flexibility index (Phi) is 6.58. The van der Waals surface area contributed by atoms with Gasteiger partial charge in [-0.25, -0.2) is 10.9 Å². The van der Waals surface area contributed by atoms with E-state index >= 15 is 0 Å². The van der Waals surface area contributed by atoms with Gasteiger partial charge in [0.1, 0.15) is 0 Å². The van der Waals surface area contributed by atoms with E-state index in [2.05, 4.69) is 38.3 Å². The summed E-state index contributed by atoms with van der Waals surface area (Å²) in [6, 6.07) is 0.860. The van der Waals surface area contributed by atoms with Crippen LogP contribution in [0.3, 0.4) is 0 Å². The van der Waals surface area contributed by atoms with Crippen LogP contribution in [0.25, 0.3) is 0 Å². The first kappa shape index (κ1) is 24.3. The fourth-order valence-corrected chi connectivity index (χ4v) is 8.52. The third-order valence-electron chi connectivity index (χ3n) is 11.0. The van der Waals surface area contributed by atoms with Gasteiger partial charge in [0.2, 0.25) is 5.91 Å². The van der Waals surface area contributed by atoms with Crippen LogP contribution >= 0.6 is 0 Å². The molecular weight excluding hydrogens is 452 g/mol. The number of nitrogens with zero attached hydrogens (tertiary/aromatic N) is 2. The highest BCUT2D eigenvalue weighted by Crippen LogP contribution is 2.48. The number of piperidine rings is 2. The second-order valence-electron chi connectivity index (χ2n) is 13.9. The summed E-state index contributed by atoms with van der Waals surface area (Å²) in [4.78, 5) is 18.7. The van der Waals surface area contributed by atoms with Gasteiger partial charge in [-0.15, -0.1) is 0 Å². The van der Waals surface area contributed by atoms with E-state index in [1.54, 1.807) is 0 Å². The number of amides is 1. The molecule has 4 saturated heterocycles. The van der Waals surface area contributed by atoms with Gasteiger partial charge in [-0.2, -0.15) is 0 Å². The molecule has 3 saturated carbocycles. The molecule has 0 aromatic heterocycles. The fraction of sp³-hybridized carbons (Fsp3) is 0.964. The molecule has 202 valence electrons. The molecule has 4 aliphatic heterocycles. The standard InChI is InChI=1S/C28H48N6O2/c1-33-17-29-32-26(33)11-28(15-36-16-28)22-3-2-4-23(10-22)30-27(35)25-8-18(7-24(31-25)19-5-6-19)12-34-13-20-9-21(20)14-34/h18-26,29,31-32H,2-17H2,1H3,(H,30,35)/t18?,20-,21+,22?,23?,24?,25?,26?. The van der Waals surface area contributed by atoms with Gasteiger partial charge in [-0.3, -0.25) is 9.69 Å². The number of hydrogen-bond donors (Lipinski definition) is 4. The predicted molar refractivity (Wildman–Crippen MR) is 139 cm³/mol. The van der Waals surface area contributed by atoms with Crippen molar-refractivity contribution in [2.75, 3.05) is 46.6 Å². The number of fused-ring (bicyclic) bond motifs is 1. The molecule has 8 nitrogen and oxygen atoms in total. The van der Waals surface area contributed by atoms with Crippen LogP contribution in [0, 0.1) is 35.0 Å². The summed E-state index contributed by atoms with van der Waals surface area (Å²) < 4.78 is 5.80. The van der Waals surface area contributed by atoms with Crippen molar-refractivity contribution in [3.8, 4) is 0 Å². The maximum absolute atomic E-state index is 13.6. The number of nitrogens with one attached hydrogen (secondary N) is 4. The van der Waals surface area contributed by atoms with Crippen molar-refractivity contribution in [3.05, 3.63) is 0 Å². The van der Waals surface area contributed by atoms with Crippen molar-refractivity contribution >= 4 is 5.91 Å². The molecule has 4 N–H and O–H groups in total. The Bertz CT molecular complexity index is 808. The Labute approximate surface area is 217 Å². The molecule has 8 heteroatoms. The number of carbonyl (C=O) groups excluding carboxylic acids is 1. The van der Waals surface area contributed by atoms with Crippen molar-refractivity contribution in [1.29, 1.82) is 0 Å². The first-order valence-corrected chi connectivity index (χ1v) is 15.1. The lowest BCUT2D eigenvalue weighted by molar-refractivity contribution is -0.166. The molecule has 0 aromatic carbocycles. The summed E-state index contributed by atoms with van der Waals surface area (Å²) in [7, 11) is 2.18. The molecule has 3 aliphatic carbocycles. The summed E-state index contributed by atoms with van der Waals surface area (Å²) in [5.41, 5.74) is 6.98. The number of carbonyl (C=O) groups is 1. The molecule has 1 amide bonds. The Morgan fingerprint density at radius 2 is 1.86 bits per heavy atom. The number of ether oxygens (including phenoxy) is 1. The minimum atomic E-state index is -0.00438. The minimum absolute atomic E-state index is 0.00438. The van der Waals surface area contributed by atoms with E-state index in [1.165, 1.54) is 58.2 Å². The van der Waals surface area contributed by atoms with Gasteiger partial charge in [-0.05, 0) is 94.4 Å². The number of hydrazine groups is 1. The van der Waals surface area contributed by atoms with Gasteiger partial charge in [0, 0.05) is 37.1 Å². The highest BCUT2D eigenvalue weighted by molar-refractivity contribution is 5.82. The lowest BCUT2D eigenvalue weighted by Crippen LogP contribution is -2.58.